The van der Waals surface area contributed by atoms with Gasteiger partial charge in [0.1, 0.15) is 13.2 Å². The summed E-state index contributed by atoms with van der Waals surface area (Å²) in [6.07, 6.45) is 57.8. The summed E-state index contributed by atoms with van der Waals surface area (Å²) < 4.78 is 16.7. The molecule has 0 fully saturated rings. The zero-order chi connectivity index (χ0) is 43.0. The molecule has 340 valence electrons. The summed E-state index contributed by atoms with van der Waals surface area (Å²) in [6, 6.07) is 0. The first-order valence-corrected chi connectivity index (χ1v) is 24.8. The number of unbranched alkanes of at least 4 members (excludes halogenated alkanes) is 24. The van der Waals surface area contributed by atoms with Crippen molar-refractivity contribution in [2.45, 2.75) is 245 Å². The van der Waals surface area contributed by atoms with Crippen molar-refractivity contribution >= 4 is 17.9 Å². The lowest BCUT2D eigenvalue weighted by Gasteiger charge is -2.18. The lowest BCUT2D eigenvalue weighted by molar-refractivity contribution is -0.167. The van der Waals surface area contributed by atoms with Gasteiger partial charge in [-0.1, -0.05) is 204 Å². The monoisotopic (exact) mass is 825 g/mol. The van der Waals surface area contributed by atoms with Crippen LogP contribution in [0.25, 0.3) is 0 Å². The van der Waals surface area contributed by atoms with Crippen molar-refractivity contribution in [1.82, 2.24) is 0 Å². The minimum Gasteiger partial charge on any atom is -0.462 e. The third kappa shape index (κ3) is 46.0. The van der Waals surface area contributed by atoms with Gasteiger partial charge in [0.2, 0.25) is 0 Å². The molecule has 0 saturated heterocycles. The second-order valence-electron chi connectivity index (χ2n) is 16.4. The predicted molar refractivity (Wildman–Crippen MR) is 251 cm³/mol. The molecule has 0 bridgehead atoms. The SMILES string of the molecule is CC/C=C\C/C=C\C/C=C\CCCCC(=O)OC(COC(=O)CCCCCCCCCCCC)COC(=O)CCCCCCCCCCCC/C=C\C=C/CCCCC. The van der Waals surface area contributed by atoms with E-state index >= 15 is 0 Å². The van der Waals surface area contributed by atoms with Crippen LogP contribution >= 0.6 is 0 Å². The second kappa shape index (κ2) is 47.8. The number of hydrogen-bond acceptors (Lipinski definition) is 6. The van der Waals surface area contributed by atoms with E-state index in [2.05, 4.69) is 81.5 Å². The fourth-order valence-electron chi connectivity index (χ4n) is 6.80. The van der Waals surface area contributed by atoms with Gasteiger partial charge in [0.15, 0.2) is 6.10 Å². The fraction of sp³-hybridized carbons (Fsp3) is 0.755. The number of carbonyl (C=O) groups excluding carboxylic acids is 3. The van der Waals surface area contributed by atoms with Crippen LogP contribution < -0.4 is 0 Å². The van der Waals surface area contributed by atoms with Gasteiger partial charge in [-0.2, -0.15) is 0 Å². The van der Waals surface area contributed by atoms with E-state index in [0.717, 1.165) is 70.6 Å². The molecule has 6 heteroatoms. The average molecular weight is 825 g/mol. The van der Waals surface area contributed by atoms with Crippen molar-refractivity contribution in [3.63, 3.8) is 0 Å². The Morgan fingerprint density at radius 2 is 0.712 bits per heavy atom. The number of hydrogen-bond donors (Lipinski definition) is 0. The van der Waals surface area contributed by atoms with E-state index in [0.29, 0.717) is 19.3 Å². The summed E-state index contributed by atoms with van der Waals surface area (Å²) >= 11 is 0. The summed E-state index contributed by atoms with van der Waals surface area (Å²) in [7, 11) is 0. The molecule has 0 radical (unpaired) electrons. The Hall–Kier alpha value is -2.89. The van der Waals surface area contributed by atoms with Crippen LogP contribution in [0.2, 0.25) is 0 Å². The highest BCUT2D eigenvalue weighted by Gasteiger charge is 2.19. The van der Waals surface area contributed by atoms with Gasteiger partial charge >= 0.3 is 17.9 Å². The fourth-order valence-corrected chi connectivity index (χ4v) is 6.80. The Morgan fingerprint density at radius 1 is 0.373 bits per heavy atom. The van der Waals surface area contributed by atoms with Crippen molar-refractivity contribution in [2.24, 2.45) is 0 Å². The molecule has 0 aromatic carbocycles. The molecule has 0 rings (SSSR count). The average Bonchev–Trinajstić information content (AvgIpc) is 3.23. The van der Waals surface area contributed by atoms with Crippen LogP contribution in [0.5, 0.6) is 0 Å². The molecule has 0 N–H and O–H groups in total. The minimum atomic E-state index is -0.791. The highest BCUT2D eigenvalue weighted by Crippen LogP contribution is 2.14. The Labute approximate surface area is 364 Å². The van der Waals surface area contributed by atoms with Gasteiger partial charge in [-0.05, 0) is 77.0 Å². The van der Waals surface area contributed by atoms with E-state index in [9.17, 15) is 14.4 Å². The first-order chi connectivity index (χ1) is 29.0. The van der Waals surface area contributed by atoms with E-state index in [1.54, 1.807) is 0 Å². The number of rotatable bonds is 44. The largest absolute Gasteiger partial charge is 0.462 e. The van der Waals surface area contributed by atoms with E-state index in [1.165, 1.54) is 122 Å². The van der Waals surface area contributed by atoms with Crippen molar-refractivity contribution in [3.8, 4) is 0 Å². The maximum absolute atomic E-state index is 12.7. The van der Waals surface area contributed by atoms with E-state index in [-0.39, 0.29) is 37.5 Å². The van der Waals surface area contributed by atoms with Crippen LogP contribution in [0.1, 0.15) is 239 Å². The van der Waals surface area contributed by atoms with Gasteiger partial charge in [-0.3, -0.25) is 14.4 Å². The molecule has 0 amide bonds. The molecular formula is C53H92O6. The van der Waals surface area contributed by atoms with Crippen LogP contribution in [-0.4, -0.2) is 37.2 Å². The molecule has 0 aromatic heterocycles. The Kier molecular flexibility index (Phi) is 45.4. The highest BCUT2D eigenvalue weighted by molar-refractivity contribution is 5.71. The van der Waals surface area contributed by atoms with Crippen molar-refractivity contribution < 1.29 is 28.6 Å². The first kappa shape index (κ1) is 56.1. The second-order valence-corrected chi connectivity index (χ2v) is 16.4. The van der Waals surface area contributed by atoms with Gasteiger partial charge in [-0.25, -0.2) is 0 Å². The molecule has 0 aliphatic carbocycles. The van der Waals surface area contributed by atoms with Crippen LogP contribution in [0.15, 0.2) is 60.8 Å². The summed E-state index contributed by atoms with van der Waals surface area (Å²) in [6.45, 7) is 6.44. The molecule has 0 aliphatic heterocycles. The summed E-state index contributed by atoms with van der Waals surface area (Å²) in [4.78, 5) is 37.8. The van der Waals surface area contributed by atoms with Gasteiger partial charge in [-0.15, -0.1) is 0 Å². The van der Waals surface area contributed by atoms with Gasteiger partial charge in [0.25, 0.3) is 0 Å². The van der Waals surface area contributed by atoms with Crippen LogP contribution in [0.4, 0.5) is 0 Å². The standard InChI is InChI=1S/C53H92O6/c1-4-7-10-13-16-19-22-24-25-26-27-28-29-30-32-34-37-40-43-46-52(55)58-49-50(48-57-51(54)45-42-39-36-33-21-18-15-12-9-6-3)59-53(56)47-44-41-38-35-31-23-20-17-14-11-8-5-2/h8,11,16-17,19-20,22,24,31,35,50H,4-7,9-10,12-15,18,21,23,25-30,32-34,36-49H2,1-3H3/b11-8-,19-16-,20-17-,24-22-,35-31-. The summed E-state index contributed by atoms with van der Waals surface area (Å²) in [5.74, 6) is -0.933. The molecule has 1 unspecified atom stereocenters. The normalized spacial score (nSPS) is 12.5. The number of ether oxygens (including phenoxy) is 3. The van der Waals surface area contributed by atoms with Crippen molar-refractivity contribution in [2.75, 3.05) is 13.2 Å². The summed E-state index contributed by atoms with van der Waals surface area (Å²) in [5.41, 5.74) is 0. The van der Waals surface area contributed by atoms with Crippen LogP contribution in [0, 0.1) is 0 Å². The molecule has 0 spiro atoms. The number of esters is 3. The molecule has 0 heterocycles. The zero-order valence-corrected chi connectivity index (χ0v) is 38.8. The molecular weight excluding hydrogens is 733 g/mol. The smallest absolute Gasteiger partial charge is 0.306 e. The molecule has 1 atom stereocenters. The van der Waals surface area contributed by atoms with Gasteiger partial charge in [0.05, 0.1) is 0 Å². The maximum atomic E-state index is 12.7. The van der Waals surface area contributed by atoms with E-state index in [1.807, 2.05) is 0 Å². The molecule has 6 nitrogen and oxygen atoms in total. The third-order valence-electron chi connectivity index (χ3n) is 10.5. The molecule has 0 aliphatic rings. The number of carbonyl (C=O) groups is 3. The maximum Gasteiger partial charge on any atom is 0.306 e. The number of allylic oxidation sites excluding steroid dienone is 10. The van der Waals surface area contributed by atoms with Crippen molar-refractivity contribution in [1.29, 1.82) is 0 Å². The first-order valence-electron chi connectivity index (χ1n) is 24.8. The third-order valence-corrected chi connectivity index (χ3v) is 10.5. The lowest BCUT2D eigenvalue weighted by atomic mass is 10.1. The molecule has 0 saturated carbocycles. The quantitative estimate of drug-likeness (QED) is 0.0200. The predicted octanol–water partition coefficient (Wildman–Crippen LogP) is 16.1. The Bertz CT molecular complexity index is 1090. The summed E-state index contributed by atoms with van der Waals surface area (Å²) in [5, 5.41) is 0. The van der Waals surface area contributed by atoms with Crippen molar-refractivity contribution in [3.05, 3.63) is 60.8 Å². The van der Waals surface area contributed by atoms with Crippen LogP contribution in [-0.2, 0) is 28.6 Å². The van der Waals surface area contributed by atoms with Gasteiger partial charge in [0, 0.05) is 19.3 Å². The van der Waals surface area contributed by atoms with E-state index < -0.39 is 6.10 Å². The molecule has 0 aromatic rings. The topological polar surface area (TPSA) is 78.9 Å². The zero-order valence-electron chi connectivity index (χ0n) is 38.8. The molecule has 59 heavy (non-hydrogen) atoms. The Morgan fingerprint density at radius 3 is 1.20 bits per heavy atom. The van der Waals surface area contributed by atoms with Crippen LogP contribution in [0.3, 0.4) is 0 Å². The minimum absolute atomic E-state index is 0.0893. The highest BCUT2D eigenvalue weighted by atomic mass is 16.6. The van der Waals surface area contributed by atoms with Gasteiger partial charge < -0.3 is 14.2 Å². The van der Waals surface area contributed by atoms with E-state index in [4.69, 9.17) is 14.2 Å². The lowest BCUT2D eigenvalue weighted by Crippen LogP contribution is -2.30. The Balaban J connectivity index is 4.34.